The van der Waals surface area contributed by atoms with Crippen molar-refractivity contribution in [3.63, 3.8) is 0 Å². The van der Waals surface area contributed by atoms with Crippen molar-refractivity contribution in [2.45, 2.75) is 45.2 Å². The topological polar surface area (TPSA) is 83.5 Å². The van der Waals surface area contributed by atoms with Crippen LogP contribution in [0.1, 0.15) is 39.0 Å². The fraction of sp³-hybridized carbons (Fsp3) is 0.909. The van der Waals surface area contributed by atoms with E-state index in [1.807, 2.05) is 0 Å². The number of hydrogen-bond donors (Lipinski definition) is 2. The van der Waals surface area contributed by atoms with Crippen molar-refractivity contribution in [3.8, 4) is 0 Å². The summed E-state index contributed by atoms with van der Waals surface area (Å²) in [5.74, 6) is -1.44. The Bertz CT molecular complexity index is 395. The number of rotatable bonds is 10. The smallest absolute Gasteiger partial charge is 0.389 e. The van der Waals surface area contributed by atoms with Crippen LogP contribution in [-0.4, -0.2) is 38.0 Å². The van der Waals surface area contributed by atoms with Crippen LogP contribution >= 0.6 is 0 Å². The first-order valence-corrected chi connectivity index (χ1v) is 7.93. The molecule has 0 aliphatic heterocycles. The van der Waals surface area contributed by atoms with Gasteiger partial charge in [-0.2, -0.15) is 13.2 Å². The summed E-state index contributed by atoms with van der Waals surface area (Å²) in [5.41, 5.74) is 0. The van der Waals surface area contributed by atoms with Crippen molar-refractivity contribution < 1.29 is 31.5 Å². The highest BCUT2D eigenvalue weighted by Gasteiger charge is 2.27. The molecule has 0 heterocycles. The first-order chi connectivity index (χ1) is 9.02. The van der Waals surface area contributed by atoms with Gasteiger partial charge in [-0.25, -0.2) is 13.1 Å². The van der Waals surface area contributed by atoms with Gasteiger partial charge >= 0.3 is 12.1 Å². The summed E-state index contributed by atoms with van der Waals surface area (Å²) in [7, 11) is -3.70. The molecular formula is C11H20F3NO4S. The van der Waals surface area contributed by atoms with Crippen molar-refractivity contribution >= 4 is 16.0 Å². The number of hydrogen-bond acceptors (Lipinski definition) is 3. The lowest BCUT2D eigenvalue weighted by atomic mass is 10.0. The van der Waals surface area contributed by atoms with Gasteiger partial charge in [0.25, 0.3) is 0 Å². The van der Waals surface area contributed by atoms with Crippen LogP contribution < -0.4 is 4.72 Å². The molecule has 5 nitrogen and oxygen atoms in total. The van der Waals surface area contributed by atoms with E-state index in [1.54, 1.807) is 6.92 Å². The molecule has 1 unspecified atom stereocenters. The maximum absolute atomic E-state index is 11.9. The minimum Gasteiger partial charge on any atom is -0.481 e. The summed E-state index contributed by atoms with van der Waals surface area (Å²) < 4.78 is 60.6. The summed E-state index contributed by atoms with van der Waals surface area (Å²) >= 11 is 0. The number of aliphatic carboxylic acids is 1. The van der Waals surface area contributed by atoms with Gasteiger partial charge < -0.3 is 5.11 Å². The van der Waals surface area contributed by atoms with Gasteiger partial charge in [0.1, 0.15) is 0 Å². The van der Waals surface area contributed by atoms with E-state index in [0.717, 1.165) is 0 Å². The molecule has 0 spiro atoms. The van der Waals surface area contributed by atoms with Crippen molar-refractivity contribution in [1.29, 1.82) is 0 Å². The highest BCUT2D eigenvalue weighted by molar-refractivity contribution is 7.89. The van der Waals surface area contributed by atoms with Crippen LogP contribution in [0.5, 0.6) is 0 Å². The van der Waals surface area contributed by atoms with Crippen LogP contribution in [0, 0.1) is 5.92 Å². The fourth-order valence-corrected chi connectivity index (χ4v) is 2.61. The Balaban J connectivity index is 3.85. The second-order valence-corrected chi connectivity index (χ2v) is 6.68. The van der Waals surface area contributed by atoms with Crippen LogP contribution in [0.2, 0.25) is 0 Å². The van der Waals surface area contributed by atoms with E-state index in [1.165, 1.54) is 0 Å². The third-order valence-corrected chi connectivity index (χ3v) is 4.15. The molecule has 0 aliphatic rings. The number of alkyl halides is 3. The summed E-state index contributed by atoms with van der Waals surface area (Å²) in [6.45, 7) is 1.90. The van der Waals surface area contributed by atoms with Crippen LogP contribution in [-0.2, 0) is 14.8 Å². The first-order valence-electron chi connectivity index (χ1n) is 6.28. The molecular weight excluding hydrogens is 299 g/mol. The minimum absolute atomic E-state index is 0.0134. The van der Waals surface area contributed by atoms with Crippen LogP contribution in [0.25, 0.3) is 0 Å². The van der Waals surface area contributed by atoms with Gasteiger partial charge in [0.2, 0.25) is 10.0 Å². The molecule has 0 aliphatic carbocycles. The Labute approximate surface area is 116 Å². The molecule has 0 aromatic heterocycles. The van der Waals surface area contributed by atoms with Gasteiger partial charge in [-0.15, -0.1) is 0 Å². The Morgan fingerprint density at radius 3 is 2.40 bits per heavy atom. The van der Waals surface area contributed by atoms with Crippen LogP contribution in [0.4, 0.5) is 13.2 Å². The van der Waals surface area contributed by atoms with E-state index in [9.17, 15) is 26.4 Å². The minimum atomic E-state index is -4.35. The average molecular weight is 319 g/mol. The molecule has 0 aromatic rings. The first kappa shape index (κ1) is 19.2. The highest BCUT2D eigenvalue weighted by Crippen LogP contribution is 2.21. The maximum Gasteiger partial charge on any atom is 0.389 e. The largest absolute Gasteiger partial charge is 0.481 e. The maximum atomic E-state index is 11.9. The lowest BCUT2D eigenvalue weighted by molar-refractivity contribution is -0.137. The molecule has 0 fully saturated rings. The van der Waals surface area contributed by atoms with E-state index in [-0.39, 0.29) is 18.9 Å². The average Bonchev–Trinajstić information content (AvgIpc) is 2.23. The molecule has 120 valence electrons. The van der Waals surface area contributed by atoms with E-state index in [0.29, 0.717) is 12.8 Å². The zero-order valence-corrected chi connectivity index (χ0v) is 12.1. The van der Waals surface area contributed by atoms with Crippen molar-refractivity contribution in [2.75, 3.05) is 12.3 Å². The van der Waals surface area contributed by atoms with Crippen molar-refractivity contribution in [2.24, 2.45) is 5.92 Å². The Morgan fingerprint density at radius 1 is 1.30 bits per heavy atom. The molecule has 20 heavy (non-hydrogen) atoms. The quantitative estimate of drug-likeness (QED) is 0.646. The van der Waals surface area contributed by atoms with Crippen LogP contribution in [0.15, 0.2) is 0 Å². The van der Waals surface area contributed by atoms with Gasteiger partial charge in [-0.3, -0.25) is 4.79 Å². The molecule has 0 saturated carbocycles. The molecule has 0 aromatic carbocycles. The fourth-order valence-electron chi connectivity index (χ4n) is 1.51. The van der Waals surface area contributed by atoms with E-state index >= 15 is 0 Å². The van der Waals surface area contributed by atoms with Gasteiger partial charge in [0, 0.05) is 19.4 Å². The Hall–Kier alpha value is -0.830. The number of halogens is 3. The predicted octanol–water partition coefficient (Wildman–Crippen LogP) is 2.14. The zero-order chi connectivity index (χ0) is 15.8. The molecule has 0 radical (unpaired) electrons. The monoisotopic (exact) mass is 319 g/mol. The summed E-state index contributed by atoms with van der Waals surface area (Å²) in [4.78, 5) is 10.3. The predicted molar refractivity (Wildman–Crippen MR) is 67.7 cm³/mol. The van der Waals surface area contributed by atoms with Crippen molar-refractivity contribution in [1.82, 2.24) is 4.72 Å². The molecule has 0 saturated heterocycles. The Morgan fingerprint density at radius 2 is 1.90 bits per heavy atom. The van der Waals surface area contributed by atoms with Gasteiger partial charge in [0.05, 0.1) is 5.75 Å². The summed E-state index contributed by atoms with van der Waals surface area (Å²) in [6.07, 6.45) is -5.03. The lowest BCUT2D eigenvalue weighted by Crippen LogP contribution is -2.29. The van der Waals surface area contributed by atoms with Gasteiger partial charge in [-0.05, 0) is 25.2 Å². The Kier molecular flexibility index (Phi) is 8.10. The molecule has 0 amide bonds. The number of sulfonamides is 1. The normalized spacial score (nSPS) is 14.2. The number of carboxylic acids is 1. The van der Waals surface area contributed by atoms with Gasteiger partial charge in [-0.1, -0.05) is 6.92 Å². The second-order valence-electron chi connectivity index (χ2n) is 4.76. The number of carbonyl (C=O) groups is 1. The molecule has 1 atom stereocenters. The molecule has 2 N–H and O–H groups in total. The molecule has 9 heteroatoms. The summed E-state index contributed by atoms with van der Waals surface area (Å²) in [5, 5.41) is 8.48. The SMILES string of the molecule is CC(CCNS(=O)(=O)CCCC(F)(F)F)CCC(=O)O. The zero-order valence-electron chi connectivity index (χ0n) is 11.2. The summed E-state index contributed by atoms with van der Waals surface area (Å²) in [6, 6.07) is 0. The standard InChI is InChI=1S/C11H20F3NO4S/c1-9(3-4-10(16)17)5-7-15-20(18,19)8-2-6-11(12,13)14/h9,15H,2-8H2,1H3,(H,16,17). The highest BCUT2D eigenvalue weighted by atomic mass is 32.2. The third-order valence-electron chi connectivity index (χ3n) is 2.68. The number of nitrogens with one attached hydrogen (secondary N) is 1. The second kappa shape index (κ2) is 8.46. The number of carboxylic acid groups (broad SMARTS) is 1. The molecule has 0 bridgehead atoms. The van der Waals surface area contributed by atoms with E-state index < -0.39 is 40.8 Å². The van der Waals surface area contributed by atoms with E-state index in [2.05, 4.69) is 4.72 Å². The van der Waals surface area contributed by atoms with Gasteiger partial charge in [0.15, 0.2) is 0 Å². The van der Waals surface area contributed by atoms with E-state index in [4.69, 9.17) is 5.11 Å². The molecule has 0 rings (SSSR count). The van der Waals surface area contributed by atoms with Crippen molar-refractivity contribution in [3.05, 3.63) is 0 Å². The third kappa shape index (κ3) is 12.2. The van der Waals surface area contributed by atoms with Crippen LogP contribution in [0.3, 0.4) is 0 Å². The lowest BCUT2D eigenvalue weighted by Gasteiger charge is -2.11.